The van der Waals surface area contributed by atoms with E-state index in [0.717, 1.165) is 12.1 Å². The van der Waals surface area contributed by atoms with E-state index >= 15 is 0 Å². The number of nitro groups is 1. The number of hydrogen-bond acceptors (Lipinski definition) is 11. The summed E-state index contributed by atoms with van der Waals surface area (Å²) in [5.41, 5.74) is -0.790. The topological polar surface area (TPSA) is 151 Å². The van der Waals surface area contributed by atoms with Gasteiger partial charge in [-0.15, -0.1) is 0 Å². The first-order valence-electron chi connectivity index (χ1n) is 10.9. The van der Waals surface area contributed by atoms with Gasteiger partial charge in [0.1, 0.15) is 29.0 Å². The minimum atomic E-state index is -0.948. The fraction of sp³-hybridized carbons (Fsp3) is 0.591. The predicted molar refractivity (Wildman–Crippen MR) is 110 cm³/mol. The van der Waals surface area contributed by atoms with E-state index < -0.39 is 70.5 Å². The fourth-order valence-electron chi connectivity index (χ4n) is 5.36. The first-order valence-corrected chi connectivity index (χ1v) is 10.9. The molecule has 4 heterocycles. The van der Waals surface area contributed by atoms with Crippen molar-refractivity contribution in [2.45, 2.75) is 50.2 Å². The van der Waals surface area contributed by atoms with Crippen molar-refractivity contribution in [1.82, 2.24) is 4.90 Å². The zero-order valence-corrected chi connectivity index (χ0v) is 19.0. The van der Waals surface area contributed by atoms with Crippen molar-refractivity contribution in [2.24, 2.45) is 17.8 Å². The van der Waals surface area contributed by atoms with E-state index in [1.807, 2.05) is 6.92 Å². The Morgan fingerprint density at radius 2 is 2.00 bits per heavy atom. The van der Waals surface area contributed by atoms with Crippen LogP contribution in [-0.4, -0.2) is 71.8 Å². The molecule has 2 bridgehead atoms. The molecule has 12 nitrogen and oxygen atoms in total. The number of carbonyl (C=O) groups is 3. The van der Waals surface area contributed by atoms with Crippen molar-refractivity contribution < 1.29 is 42.7 Å². The molecule has 2 fully saturated rings. The number of likely N-dealkylation sites (N-methyl/N-ethyl adjacent to an activating group) is 1. The molecule has 0 aromatic carbocycles. The van der Waals surface area contributed by atoms with E-state index in [1.165, 1.54) is 0 Å². The predicted octanol–water partition coefficient (Wildman–Crippen LogP) is 1.44. The Kier molecular flexibility index (Phi) is 5.06. The van der Waals surface area contributed by atoms with Gasteiger partial charge < -0.3 is 28.3 Å². The zero-order chi connectivity index (χ0) is 24.5. The molecule has 34 heavy (non-hydrogen) atoms. The summed E-state index contributed by atoms with van der Waals surface area (Å²) in [6.07, 6.45) is -0.135. The van der Waals surface area contributed by atoms with Crippen LogP contribution < -0.4 is 0 Å². The normalized spacial score (nSPS) is 38.4. The highest BCUT2D eigenvalue weighted by Gasteiger charge is 2.65. The number of furan rings is 1. The van der Waals surface area contributed by atoms with Gasteiger partial charge in [-0.25, -0.2) is 4.79 Å². The Morgan fingerprint density at radius 1 is 1.26 bits per heavy atom. The summed E-state index contributed by atoms with van der Waals surface area (Å²) in [7, 11) is 3.48. The quantitative estimate of drug-likeness (QED) is 0.204. The van der Waals surface area contributed by atoms with Gasteiger partial charge in [0, 0.05) is 6.42 Å². The molecule has 0 spiro atoms. The van der Waals surface area contributed by atoms with Crippen molar-refractivity contribution >= 4 is 23.8 Å². The average Bonchev–Trinajstić information content (AvgIpc) is 3.08. The number of fused-ring (bicyclic) bond motifs is 4. The SMILES string of the molecule is CC1C(=O)OC2CC3(C)OC3C(OC(=O)c3ccc([N+](=O)[O-])o3)C(N(C)C)C3C=C(OC3=O)C21. The van der Waals surface area contributed by atoms with Crippen LogP contribution in [0.4, 0.5) is 5.88 Å². The summed E-state index contributed by atoms with van der Waals surface area (Å²) in [5, 5.41) is 10.9. The van der Waals surface area contributed by atoms with Crippen molar-refractivity contribution in [3.8, 4) is 0 Å². The molecule has 182 valence electrons. The summed E-state index contributed by atoms with van der Waals surface area (Å²) in [6.45, 7) is 3.57. The van der Waals surface area contributed by atoms with Gasteiger partial charge in [-0.1, -0.05) is 6.92 Å². The number of ether oxygens (including phenoxy) is 4. The average molecular weight is 476 g/mol. The second-order valence-electron chi connectivity index (χ2n) is 9.58. The Labute approximate surface area is 193 Å². The summed E-state index contributed by atoms with van der Waals surface area (Å²) in [5.74, 6) is -4.09. The molecular formula is C22H24N2O10. The lowest BCUT2D eigenvalue weighted by molar-refractivity contribution is -0.402. The van der Waals surface area contributed by atoms with E-state index in [0.29, 0.717) is 12.2 Å². The molecule has 8 atom stereocenters. The van der Waals surface area contributed by atoms with Crippen LogP contribution in [0.3, 0.4) is 0 Å². The largest absolute Gasteiger partial charge is 0.461 e. The van der Waals surface area contributed by atoms with Gasteiger partial charge in [-0.3, -0.25) is 19.7 Å². The van der Waals surface area contributed by atoms with Crippen LogP contribution in [0.5, 0.6) is 0 Å². The molecule has 12 heteroatoms. The van der Waals surface area contributed by atoms with Gasteiger partial charge in [0.2, 0.25) is 5.76 Å². The van der Waals surface area contributed by atoms with Crippen LogP contribution in [0.25, 0.3) is 0 Å². The number of carbonyl (C=O) groups excluding carboxylic acids is 3. The molecule has 1 aliphatic carbocycles. The summed E-state index contributed by atoms with van der Waals surface area (Å²) < 4.78 is 28.0. The first kappa shape index (κ1) is 22.5. The lowest BCUT2D eigenvalue weighted by Gasteiger charge is -2.34. The van der Waals surface area contributed by atoms with Gasteiger partial charge in [0.15, 0.2) is 0 Å². The highest BCUT2D eigenvalue weighted by atomic mass is 16.7. The maximum absolute atomic E-state index is 13.0. The van der Waals surface area contributed by atoms with Crippen LogP contribution in [0, 0.1) is 27.9 Å². The van der Waals surface area contributed by atoms with Crippen molar-refractivity contribution in [3.05, 3.63) is 39.8 Å². The van der Waals surface area contributed by atoms with Crippen LogP contribution in [-0.2, 0) is 28.5 Å². The highest BCUT2D eigenvalue weighted by molar-refractivity contribution is 5.87. The number of hydrogen-bond donors (Lipinski definition) is 0. The first-order chi connectivity index (χ1) is 16.0. The maximum Gasteiger partial charge on any atom is 0.433 e. The molecule has 0 N–H and O–H groups in total. The van der Waals surface area contributed by atoms with Gasteiger partial charge >= 0.3 is 23.8 Å². The van der Waals surface area contributed by atoms with Crippen LogP contribution in [0.1, 0.15) is 30.8 Å². The molecule has 5 rings (SSSR count). The Hall–Kier alpha value is -3.25. The molecule has 0 radical (unpaired) electrons. The Balaban J connectivity index is 1.52. The maximum atomic E-state index is 13.0. The summed E-state index contributed by atoms with van der Waals surface area (Å²) in [4.78, 5) is 50.1. The third-order valence-electron chi connectivity index (χ3n) is 7.10. The Bertz CT molecular complexity index is 1110. The second-order valence-corrected chi connectivity index (χ2v) is 9.58. The monoisotopic (exact) mass is 476 g/mol. The standard InChI is InChI=1S/C22H24N2O10/c1-9-15-12-7-10(20(26)31-12)16(23(3)4)17(18-22(2,34-18)8-13(15)32-19(9)25)33-21(27)11-5-6-14(30-11)24(28)29/h5-7,9-10,13,15-18H,8H2,1-4H3. The van der Waals surface area contributed by atoms with E-state index in [4.69, 9.17) is 23.4 Å². The van der Waals surface area contributed by atoms with Gasteiger partial charge in [0.25, 0.3) is 0 Å². The summed E-state index contributed by atoms with van der Waals surface area (Å²) >= 11 is 0. The van der Waals surface area contributed by atoms with Gasteiger partial charge in [-0.2, -0.15) is 0 Å². The molecule has 0 saturated carbocycles. The van der Waals surface area contributed by atoms with Crippen molar-refractivity contribution in [3.63, 3.8) is 0 Å². The van der Waals surface area contributed by atoms with Crippen LogP contribution >= 0.6 is 0 Å². The minimum Gasteiger partial charge on any atom is -0.461 e. The fourth-order valence-corrected chi connectivity index (χ4v) is 5.36. The van der Waals surface area contributed by atoms with E-state index in [1.54, 1.807) is 32.0 Å². The molecule has 0 amide bonds. The van der Waals surface area contributed by atoms with Crippen LogP contribution in [0.2, 0.25) is 0 Å². The van der Waals surface area contributed by atoms with Gasteiger partial charge in [-0.05, 0) is 33.2 Å². The van der Waals surface area contributed by atoms with E-state index in [-0.39, 0.29) is 11.7 Å². The smallest absolute Gasteiger partial charge is 0.433 e. The van der Waals surface area contributed by atoms with Crippen molar-refractivity contribution in [2.75, 3.05) is 14.1 Å². The van der Waals surface area contributed by atoms with Gasteiger partial charge in [0.05, 0.1) is 35.5 Å². The van der Waals surface area contributed by atoms with Crippen LogP contribution in [0.15, 0.2) is 28.4 Å². The van der Waals surface area contributed by atoms with E-state index in [2.05, 4.69) is 0 Å². The molecule has 3 aliphatic heterocycles. The van der Waals surface area contributed by atoms with E-state index in [9.17, 15) is 24.5 Å². The molecule has 8 unspecified atom stereocenters. The molecule has 4 aliphatic rings. The third-order valence-corrected chi connectivity index (χ3v) is 7.10. The third kappa shape index (κ3) is 3.48. The highest BCUT2D eigenvalue weighted by Crippen LogP contribution is 2.51. The minimum absolute atomic E-state index is 0.318. The Morgan fingerprint density at radius 3 is 2.65 bits per heavy atom. The second kappa shape index (κ2) is 7.64. The summed E-state index contributed by atoms with van der Waals surface area (Å²) in [6, 6.07) is 1.55. The van der Waals surface area contributed by atoms with Crippen molar-refractivity contribution in [1.29, 1.82) is 0 Å². The lowest BCUT2D eigenvalue weighted by Crippen LogP contribution is -2.51. The lowest BCUT2D eigenvalue weighted by atomic mass is 9.80. The molecule has 1 aromatic heterocycles. The zero-order valence-electron chi connectivity index (χ0n) is 19.0. The number of esters is 3. The molecular weight excluding hydrogens is 452 g/mol. The molecule has 1 aromatic rings. The number of rotatable bonds is 4. The number of epoxide rings is 1. The number of nitrogens with zero attached hydrogens (tertiary/aromatic N) is 2. The molecule has 2 saturated heterocycles.